The molecule has 0 aromatic carbocycles. The fourth-order valence-electron chi connectivity index (χ4n) is 0.638. The van der Waals surface area contributed by atoms with Crippen LogP contribution in [0.25, 0.3) is 0 Å². The van der Waals surface area contributed by atoms with Gasteiger partial charge in [0.15, 0.2) is 11.5 Å². The van der Waals surface area contributed by atoms with Gasteiger partial charge in [-0.3, -0.25) is 0 Å². The summed E-state index contributed by atoms with van der Waals surface area (Å²) in [4.78, 5) is 0. The maximum Gasteiger partial charge on any atom is 0.155 e. The molecule has 0 bridgehead atoms. The highest BCUT2D eigenvalue weighted by Crippen LogP contribution is 2.08. The first-order valence-corrected chi connectivity index (χ1v) is 3.28. The van der Waals surface area contributed by atoms with Gasteiger partial charge in [0, 0.05) is 0 Å². The van der Waals surface area contributed by atoms with Gasteiger partial charge < -0.3 is 9.47 Å². The fraction of sp³-hybridized carbons (Fsp3) is 0.500. The number of hydrogen-bond acceptors (Lipinski definition) is 2. The van der Waals surface area contributed by atoms with Crippen molar-refractivity contribution < 1.29 is 9.47 Å². The first-order chi connectivity index (χ1) is 4.76. The Morgan fingerprint density at radius 1 is 1.60 bits per heavy atom. The zero-order chi connectivity index (χ0) is 7.98. The monoisotopic (exact) mass is 142 g/mol. The lowest BCUT2D eigenvalue weighted by Crippen LogP contribution is -1.95. The van der Waals surface area contributed by atoms with E-state index in [0.717, 1.165) is 0 Å². The third kappa shape index (κ3) is 2.58. The van der Waals surface area contributed by atoms with E-state index in [4.69, 9.17) is 9.47 Å². The molecule has 0 saturated heterocycles. The number of hydrogen-bond donors (Lipinski definition) is 0. The van der Waals surface area contributed by atoms with Crippen LogP contribution in [0.15, 0.2) is 24.2 Å². The minimum Gasteiger partial charge on any atom is -0.493 e. The molecule has 0 aliphatic carbocycles. The highest BCUT2D eigenvalue weighted by Gasteiger charge is 1.99. The number of methoxy groups -OCH3 is 1. The summed E-state index contributed by atoms with van der Waals surface area (Å²) in [5.74, 6) is 1.29. The summed E-state index contributed by atoms with van der Waals surface area (Å²) in [6.07, 6.45) is 1.82. The third-order valence-corrected chi connectivity index (χ3v) is 1.08. The largest absolute Gasteiger partial charge is 0.493 e. The van der Waals surface area contributed by atoms with Crippen molar-refractivity contribution in [3.63, 3.8) is 0 Å². The normalized spacial score (nSPS) is 10.9. The third-order valence-electron chi connectivity index (χ3n) is 1.08. The minimum atomic E-state index is 0.590. The highest BCUT2D eigenvalue weighted by atomic mass is 16.5. The Hall–Kier alpha value is -0.920. The van der Waals surface area contributed by atoms with Crippen molar-refractivity contribution in [2.24, 2.45) is 0 Å². The zero-order valence-corrected chi connectivity index (χ0v) is 6.81. The molecule has 0 aliphatic heterocycles. The Labute approximate surface area is 62.1 Å². The van der Waals surface area contributed by atoms with Crippen LogP contribution in [0.1, 0.15) is 13.8 Å². The van der Waals surface area contributed by atoms with E-state index in [1.54, 1.807) is 7.11 Å². The van der Waals surface area contributed by atoms with E-state index in [0.29, 0.717) is 18.1 Å². The lowest BCUT2D eigenvalue weighted by Gasteiger charge is -2.08. The molecule has 0 aliphatic rings. The lowest BCUT2D eigenvalue weighted by molar-refractivity contribution is 0.188. The Bertz CT molecular complexity index is 136. The van der Waals surface area contributed by atoms with Crippen LogP contribution >= 0.6 is 0 Å². The van der Waals surface area contributed by atoms with Crippen molar-refractivity contribution in [2.45, 2.75) is 13.8 Å². The molecule has 0 atom stereocenters. The van der Waals surface area contributed by atoms with E-state index < -0.39 is 0 Å². The summed E-state index contributed by atoms with van der Waals surface area (Å²) >= 11 is 0. The Morgan fingerprint density at radius 2 is 2.20 bits per heavy atom. The molecule has 0 unspecified atom stereocenters. The number of rotatable bonds is 4. The van der Waals surface area contributed by atoms with Crippen LogP contribution in [0, 0.1) is 0 Å². The van der Waals surface area contributed by atoms with E-state index in [-0.39, 0.29) is 0 Å². The maximum absolute atomic E-state index is 5.10. The second-order valence-corrected chi connectivity index (χ2v) is 1.71. The van der Waals surface area contributed by atoms with Gasteiger partial charge in [-0.05, 0) is 19.9 Å². The molecule has 0 saturated carbocycles. The summed E-state index contributed by atoms with van der Waals surface area (Å²) in [5, 5.41) is 0. The summed E-state index contributed by atoms with van der Waals surface area (Å²) in [6.45, 7) is 8.08. The van der Waals surface area contributed by atoms with Crippen LogP contribution in [0.5, 0.6) is 0 Å². The average Bonchev–Trinajstić information content (AvgIpc) is 1.91. The summed E-state index contributed by atoms with van der Waals surface area (Å²) in [5.41, 5.74) is 0. The van der Waals surface area contributed by atoms with Crippen LogP contribution in [0.2, 0.25) is 0 Å². The molecule has 0 aromatic rings. The smallest absolute Gasteiger partial charge is 0.155 e. The zero-order valence-electron chi connectivity index (χ0n) is 6.81. The lowest BCUT2D eigenvalue weighted by atomic mass is 10.4. The summed E-state index contributed by atoms with van der Waals surface area (Å²) in [6, 6.07) is 0. The quantitative estimate of drug-likeness (QED) is 0.442. The van der Waals surface area contributed by atoms with Crippen molar-refractivity contribution >= 4 is 0 Å². The van der Waals surface area contributed by atoms with Crippen LogP contribution < -0.4 is 0 Å². The molecule has 2 heteroatoms. The molecule has 0 aromatic heterocycles. The van der Waals surface area contributed by atoms with Gasteiger partial charge in [-0.2, -0.15) is 0 Å². The van der Waals surface area contributed by atoms with Crippen molar-refractivity contribution in [1.82, 2.24) is 0 Å². The van der Waals surface area contributed by atoms with Crippen molar-refractivity contribution in [2.75, 3.05) is 13.7 Å². The molecular weight excluding hydrogens is 128 g/mol. The topological polar surface area (TPSA) is 18.5 Å². The predicted octanol–water partition coefficient (Wildman–Crippen LogP) is 2.09. The van der Waals surface area contributed by atoms with E-state index in [1.807, 2.05) is 19.9 Å². The van der Waals surface area contributed by atoms with Crippen molar-refractivity contribution in [3.05, 3.63) is 24.2 Å². The molecule has 58 valence electrons. The van der Waals surface area contributed by atoms with Gasteiger partial charge in [0.25, 0.3) is 0 Å². The molecule has 0 spiro atoms. The van der Waals surface area contributed by atoms with Gasteiger partial charge in [0.2, 0.25) is 0 Å². The SMILES string of the molecule is C=C(OCC)/C(=C\C)OC. The Balaban J connectivity index is 3.91. The number of allylic oxidation sites excluding steroid dienone is 1. The molecule has 0 fully saturated rings. The molecule has 0 heterocycles. The van der Waals surface area contributed by atoms with Crippen molar-refractivity contribution in [3.8, 4) is 0 Å². The second-order valence-electron chi connectivity index (χ2n) is 1.71. The van der Waals surface area contributed by atoms with E-state index in [9.17, 15) is 0 Å². The molecular formula is C8H14O2. The van der Waals surface area contributed by atoms with E-state index in [2.05, 4.69) is 6.58 Å². The van der Waals surface area contributed by atoms with Crippen LogP contribution in [-0.2, 0) is 9.47 Å². The van der Waals surface area contributed by atoms with Crippen molar-refractivity contribution in [1.29, 1.82) is 0 Å². The maximum atomic E-state index is 5.10. The highest BCUT2D eigenvalue weighted by molar-refractivity contribution is 5.15. The molecule has 0 amide bonds. The van der Waals surface area contributed by atoms with Gasteiger partial charge >= 0.3 is 0 Å². The van der Waals surface area contributed by atoms with Gasteiger partial charge in [-0.25, -0.2) is 0 Å². The second kappa shape index (κ2) is 4.91. The van der Waals surface area contributed by atoms with Crippen LogP contribution in [0.4, 0.5) is 0 Å². The Kier molecular flexibility index (Phi) is 4.46. The average molecular weight is 142 g/mol. The molecule has 2 nitrogen and oxygen atoms in total. The molecule has 0 rings (SSSR count). The molecule has 0 N–H and O–H groups in total. The predicted molar refractivity (Wildman–Crippen MR) is 41.5 cm³/mol. The van der Waals surface area contributed by atoms with Gasteiger partial charge in [-0.15, -0.1) is 0 Å². The first kappa shape index (κ1) is 9.08. The first-order valence-electron chi connectivity index (χ1n) is 3.28. The molecule has 10 heavy (non-hydrogen) atoms. The van der Waals surface area contributed by atoms with Gasteiger partial charge in [0.05, 0.1) is 13.7 Å². The molecule has 0 radical (unpaired) electrons. The van der Waals surface area contributed by atoms with Gasteiger partial charge in [0.1, 0.15) is 0 Å². The summed E-state index contributed by atoms with van der Waals surface area (Å²) < 4.78 is 10.0. The van der Waals surface area contributed by atoms with Gasteiger partial charge in [-0.1, -0.05) is 6.58 Å². The fourth-order valence-corrected chi connectivity index (χ4v) is 0.638. The summed E-state index contributed by atoms with van der Waals surface area (Å²) in [7, 11) is 1.60. The van der Waals surface area contributed by atoms with E-state index in [1.165, 1.54) is 0 Å². The Morgan fingerprint density at radius 3 is 2.50 bits per heavy atom. The minimum absolute atomic E-state index is 0.590. The van der Waals surface area contributed by atoms with E-state index >= 15 is 0 Å². The van der Waals surface area contributed by atoms with Crippen LogP contribution in [-0.4, -0.2) is 13.7 Å². The van der Waals surface area contributed by atoms with Crippen LogP contribution in [0.3, 0.4) is 0 Å². The standard InChI is InChI=1S/C8H14O2/c1-5-8(9-4)7(3)10-6-2/h5H,3,6H2,1-2,4H3/b8-5+. The number of ether oxygens (including phenoxy) is 2.